The zero-order valence-corrected chi connectivity index (χ0v) is 17.2. The first-order chi connectivity index (χ1) is 14.1. The lowest BCUT2D eigenvalue weighted by molar-refractivity contribution is -0.139. The van der Waals surface area contributed by atoms with Crippen molar-refractivity contribution in [2.24, 2.45) is 0 Å². The van der Waals surface area contributed by atoms with Crippen molar-refractivity contribution in [1.82, 2.24) is 4.31 Å². The van der Waals surface area contributed by atoms with Crippen LogP contribution < -0.4 is 5.32 Å². The van der Waals surface area contributed by atoms with Crippen LogP contribution in [0.1, 0.15) is 28.1 Å². The minimum Gasteiger partial charge on any atom is -0.465 e. The van der Waals surface area contributed by atoms with Crippen LogP contribution in [0, 0.1) is 0 Å². The van der Waals surface area contributed by atoms with E-state index >= 15 is 0 Å². The molecule has 30 heavy (non-hydrogen) atoms. The highest BCUT2D eigenvalue weighted by Gasteiger charge is 2.44. The average molecular weight is 462 g/mol. The number of methoxy groups -OCH3 is 1. The topological polar surface area (TPSA) is 92.8 Å². The Balaban J connectivity index is 1.86. The number of hydrogen-bond acceptors (Lipinski definition) is 6. The number of nitrogens with zero attached hydrogens (tertiary/aromatic N) is 1. The molecule has 3 rings (SSSR count). The number of nitrogens with one attached hydrogen (secondary N) is 1. The number of amides is 1. The van der Waals surface area contributed by atoms with Gasteiger partial charge in [0.2, 0.25) is 15.9 Å². The number of halogens is 3. The van der Waals surface area contributed by atoms with Crippen molar-refractivity contribution >= 4 is 38.2 Å². The van der Waals surface area contributed by atoms with Gasteiger partial charge < -0.3 is 10.1 Å². The molecule has 0 saturated carbocycles. The maximum atomic E-state index is 13.3. The smallest absolute Gasteiger partial charge is 0.417 e. The quantitative estimate of drug-likeness (QED) is 0.688. The third-order valence-electron chi connectivity index (χ3n) is 4.52. The van der Waals surface area contributed by atoms with Crippen LogP contribution in [0.25, 0.3) is 0 Å². The third-order valence-corrected chi connectivity index (χ3v) is 7.47. The van der Waals surface area contributed by atoms with E-state index in [0.29, 0.717) is 17.5 Å². The molecule has 1 saturated heterocycles. The second kappa shape index (κ2) is 8.36. The molecule has 0 bridgehead atoms. The van der Waals surface area contributed by atoms with Gasteiger partial charge in [0.1, 0.15) is 10.9 Å². The lowest BCUT2D eigenvalue weighted by atomic mass is 10.2. The van der Waals surface area contributed by atoms with Gasteiger partial charge in [-0.1, -0.05) is 12.1 Å². The first kappa shape index (κ1) is 22.2. The zero-order valence-electron chi connectivity index (χ0n) is 15.6. The number of alkyl halides is 3. The predicted octanol–water partition coefficient (Wildman–Crippen LogP) is 3.35. The summed E-state index contributed by atoms with van der Waals surface area (Å²) in [4.78, 5) is 23.6. The Morgan fingerprint density at radius 1 is 1.20 bits per heavy atom. The van der Waals surface area contributed by atoms with E-state index in [1.807, 2.05) is 0 Å². The molecule has 1 fully saturated rings. The summed E-state index contributed by atoms with van der Waals surface area (Å²) in [6.07, 6.45) is -4.37. The maximum absolute atomic E-state index is 13.3. The summed E-state index contributed by atoms with van der Waals surface area (Å²) in [5.74, 6) is -1.27. The molecule has 1 aromatic carbocycles. The molecule has 1 N–H and O–H groups in total. The molecule has 1 aliphatic rings. The standard InChI is InChI=1S/C18H17F3N2O5S2/c1-28-17(25)13-8-9-15(29-13)22-16(24)12-6-4-10-23(12)30(26,27)14-7-3-2-5-11(14)18(19,20)21/h2-3,5,7-9,12H,4,6,10H2,1H3,(H,22,24)/t12-/m1/s1. The Morgan fingerprint density at radius 2 is 1.90 bits per heavy atom. The molecule has 0 spiro atoms. The van der Waals surface area contributed by atoms with Gasteiger partial charge in [0.25, 0.3) is 0 Å². The Labute approximate surface area is 174 Å². The van der Waals surface area contributed by atoms with Crippen LogP contribution in [0.4, 0.5) is 18.2 Å². The summed E-state index contributed by atoms with van der Waals surface area (Å²) < 4.78 is 71.3. The Bertz CT molecular complexity index is 1070. The number of rotatable bonds is 5. The van der Waals surface area contributed by atoms with Gasteiger partial charge in [0.05, 0.1) is 22.6 Å². The fourth-order valence-electron chi connectivity index (χ4n) is 3.16. The number of sulfonamides is 1. The van der Waals surface area contributed by atoms with Gasteiger partial charge in [-0.05, 0) is 37.1 Å². The van der Waals surface area contributed by atoms with Crippen LogP contribution in [0.5, 0.6) is 0 Å². The van der Waals surface area contributed by atoms with E-state index in [4.69, 9.17) is 0 Å². The number of esters is 1. The molecule has 7 nitrogen and oxygen atoms in total. The van der Waals surface area contributed by atoms with Crippen molar-refractivity contribution in [1.29, 1.82) is 0 Å². The molecule has 12 heteroatoms. The van der Waals surface area contributed by atoms with Gasteiger partial charge >= 0.3 is 12.1 Å². The highest BCUT2D eigenvalue weighted by atomic mass is 32.2. The predicted molar refractivity (Wildman–Crippen MR) is 103 cm³/mol. The summed E-state index contributed by atoms with van der Waals surface area (Å²) in [5.41, 5.74) is -1.28. The molecule has 1 amide bonds. The van der Waals surface area contributed by atoms with Gasteiger partial charge in [0.15, 0.2) is 0 Å². The summed E-state index contributed by atoms with van der Waals surface area (Å²) in [5, 5.41) is 2.82. The van der Waals surface area contributed by atoms with Gasteiger partial charge in [-0.15, -0.1) is 11.3 Å². The molecular weight excluding hydrogens is 445 g/mol. The number of carbonyl (C=O) groups is 2. The highest BCUT2D eigenvalue weighted by Crippen LogP contribution is 2.37. The number of anilines is 1. The molecule has 0 aliphatic carbocycles. The first-order valence-electron chi connectivity index (χ1n) is 8.73. The van der Waals surface area contributed by atoms with Crippen molar-refractivity contribution in [3.63, 3.8) is 0 Å². The monoisotopic (exact) mass is 462 g/mol. The van der Waals surface area contributed by atoms with Crippen LogP contribution in [-0.4, -0.2) is 44.3 Å². The van der Waals surface area contributed by atoms with E-state index in [1.165, 1.54) is 25.3 Å². The number of hydrogen-bond donors (Lipinski definition) is 1. The van der Waals surface area contributed by atoms with E-state index in [9.17, 15) is 31.2 Å². The summed E-state index contributed by atoms with van der Waals surface area (Å²) >= 11 is 0.940. The average Bonchev–Trinajstić information content (AvgIpc) is 3.36. The van der Waals surface area contributed by atoms with Crippen molar-refractivity contribution < 1.29 is 35.9 Å². The number of benzene rings is 1. The Morgan fingerprint density at radius 3 is 2.57 bits per heavy atom. The van der Waals surface area contributed by atoms with E-state index in [2.05, 4.69) is 10.1 Å². The number of ether oxygens (including phenoxy) is 1. The third kappa shape index (κ3) is 4.35. The van der Waals surface area contributed by atoms with E-state index in [1.54, 1.807) is 0 Å². The molecule has 0 radical (unpaired) electrons. The fraction of sp³-hybridized carbons (Fsp3) is 0.333. The van der Waals surface area contributed by atoms with Gasteiger partial charge in [-0.2, -0.15) is 17.5 Å². The minimum atomic E-state index is -4.86. The molecule has 0 unspecified atom stereocenters. The van der Waals surface area contributed by atoms with Crippen LogP contribution in [0.3, 0.4) is 0 Å². The van der Waals surface area contributed by atoms with Crippen LogP contribution in [0.15, 0.2) is 41.3 Å². The van der Waals surface area contributed by atoms with Gasteiger partial charge in [-0.25, -0.2) is 13.2 Å². The van der Waals surface area contributed by atoms with Crippen molar-refractivity contribution in [3.8, 4) is 0 Å². The molecule has 2 heterocycles. The maximum Gasteiger partial charge on any atom is 0.417 e. The Hall–Kier alpha value is -2.44. The van der Waals surface area contributed by atoms with Crippen molar-refractivity contribution in [2.75, 3.05) is 19.0 Å². The van der Waals surface area contributed by atoms with Crippen LogP contribution in [-0.2, 0) is 25.7 Å². The van der Waals surface area contributed by atoms with Gasteiger partial charge in [-0.3, -0.25) is 4.79 Å². The minimum absolute atomic E-state index is 0.0789. The summed E-state index contributed by atoms with van der Waals surface area (Å²) in [7, 11) is -3.36. The largest absolute Gasteiger partial charge is 0.465 e. The van der Waals surface area contributed by atoms with Crippen molar-refractivity contribution in [3.05, 3.63) is 46.8 Å². The lowest BCUT2D eigenvalue weighted by Crippen LogP contribution is -2.43. The molecule has 1 aliphatic heterocycles. The second-order valence-electron chi connectivity index (χ2n) is 6.41. The normalized spacial score (nSPS) is 17.7. The molecule has 2 aromatic rings. The van der Waals surface area contributed by atoms with Crippen LogP contribution in [0.2, 0.25) is 0 Å². The number of thiophene rings is 1. The zero-order chi connectivity index (χ0) is 22.1. The molecule has 1 atom stereocenters. The highest BCUT2D eigenvalue weighted by molar-refractivity contribution is 7.89. The summed E-state index contributed by atoms with van der Waals surface area (Å²) in [6, 6.07) is 5.61. The van der Waals surface area contributed by atoms with E-state index in [-0.39, 0.29) is 17.8 Å². The molecular formula is C18H17F3N2O5S2. The fourth-order valence-corrected chi connectivity index (χ4v) is 5.86. The van der Waals surface area contributed by atoms with Gasteiger partial charge in [0, 0.05) is 6.54 Å². The SMILES string of the molecule is COC(=O)c1ccc(NC(=O)[C@H]2CCCN2S(=O)(=O)c2ccccc2C(F)(F)F)s1. The number of carbonyl (C=O) groups excluding carboxylic acids is 2. The molecule has 162 valence electrons. The second-order valence-corrected chi connectivity index (χ2v) is 9.36. The molecule has 1 aromatic heterocycles. The van der Waals surface area contributed by atoms with Crippen molar-refractivity contribution in [2.45, 2.75) is 30.0 Å². The summed E-state index contributed by atoms with van der Waals surface area (Å²) in [6.45, 7) is -0.0789. The lowest BCUT2D eigenvalue weighted by Gasteiger charge is -2.24. The van der Waals surface area contributed by atoms with E-state index < -0.39 is 44.6 Å². The van der Waals surface area contributed by atoms with Crippen LogP contribution >= 0.6 is 11.3 Å². The van der Waals surface area contributed by atoms with E-state index in [0.717, 1.165) is 27.8 Å². The first-order valence-corrected chi connectivity index (χ1v) is 11.0. The Kier molecular flexibility index (Phi) is 6.20.